The van der Waals surface area contributed by atoms with Crippen LogP contribution in [0.5, 0.6) is 0 Å². The molecule has 53 valence electrons. The van der Waals surface area contributed by atoms with Crippen LogP contribution in [-0.4, -0.2) is 28.5 Å². The molecule has 1 rings (SSSR count). The molecule has 1 fully saturated rings. The van der Waals surface area contributed by atoms with Gasteiger partial charge in [-0.2, -0.15) is 0 Å². The van der Waals surface area contributed by atoms with E-state index in [0.717, 1.165) is 0 Å². The number of hydrogen-bond donors (Lipinski definition) is 3. The van der Waals surface area contributed by atoms with Crippen LogP contribution in [0.25, 0.3) is 0 Å². The van der Waals surface area contributed by atoms with Gasteiger partial charge in [0.15, 0.2) is 6.23 Å². The highest BCUT2D eigenvalue weighted by atomic mass is 16.6. The zero-order valence-corrected chi connectivity index (χ0v) is 5.11. The fourth-order valence-electron chi connectivity index (χ4n) is 0.779. The Morgan fingerprint density at radius 1 is 1.56 bits per heavy atom. The molecule has 3 atom stereocenters. The van der Waals surface area contributed by atoms with Crippen LogP contribution >= 0.6 is 0 Å². The lowest BCUT2D eigenvalue weighted by Gasteiger charge is -2.07. The second kappa shape index (κ2) is 2.22. The van der Waals surface area contributed by atoms with Gasteiger partial charge >= 0.3 is 0 Å². The third kappa shape index (κ3) is 1.07. The molecular weight excluding hydrogens is 122 g/mol. The molecule has 1 radical (unpaired) electrons. The highest BCUT2D eigenvalue weighted by Gasteiger charge is 2.38. The number of hydrogen-bond acceptors (Lipinski definition) is 4. The predicted octanol–water partition coefficient (Wildman–Crippen LogP) is -1.42. The van der Waals surface area contributed by atoms with Gasteiger partial charge in [-0.05, 0) is 6.92 Å². The van der Waals surface area contributed by atoms with Crippen molar-refractivity contribution in [2.75, 3.05) is 0 Å². The first-order valence-corrected chi connectivity index (χ1v) is 2.78. The minimum absolute atomic E-state index is 0.00926. The second-order valence-corrected chi connectivity index (χ2v) is 2.16. The highest BCUT2D eigenvalue weighted by molar-refractivity contribution is 4.96. The van der Waals surface area contributed by atoms with Gasteiger partial charge in [-0.3, -0.25) is 5.73 Å². The van der Waals surface area contributed by atoms with Crippen LogP contribution in [-0.2, 0) is 4.74 Å². The molecule has 0 aromatic carbocycles. The van der Waals surface area contributed by atoms with Gasteiger partial charge in [-0.15, -0.1) is 0 Å². The van der Waals surface area contributed by atoms with E-state index in [-0.39, 0.29) is 12.3 Å². The molecule has 4 heteroatoms. The average molecular weight is 132 g/mol. The molecule has 0 unspecified atom stereocenters. The molecule has 1 saturated heterocycles. The Bertz CT molecular complexity index is 96.4. The second-order valence-electron chi connectivity index (χ2n) is 2.16. The molecule has 0 saturated carbocycles. The number of rotatable bonds is 0. The number of nitrogens with two attached hydrogens (primary N) is 1. The van der Waals surface area contributed by atoms with Crippen molar-refractivity contribution >= 4 is 0 Å². The SMILES string of the molecule is C[C@H]1O[C](N)[C@H](O)[C@@H]1O. The first-order chi connectivity index (χ1) is 4.13. The Morgan fingerprint density at radius 2 is 2.11 bits per heavy atom. The fraction of sp³-hybridized carbons (Fsp3) is 0.800. The van der Waals surface area contributed by atoms with Crippen molar-refractivity contribution in [1.82, 2.24) is 0 Å². The smallest absolute Gasteiger partial charge is 0.191 e. The lowest BCUT2D eigenvalue weighted by molar-refractivity contribution is 0.0318. The largest absolute Gasteiger partial charge is 0.388 e. The normalized spacial score (nSPS) is 46.0. The topological polar surface area (TPSA) is 75.7 Å². The minimum atomic E-state index is -1.01. The summed E-state index contributed by atoms with van der Waals surface area (Å²) in [7, 11) is 0. The van der Waals surface area contributed by atoms with E-state index in [2.05, 4.69) is 0 Å². The van der Waals surface area contributed by atoms with E-state index in [0.29, 0.717) is 0 Å². The number of ether oxygens (including phenoxy) is 1. The Hall–Kier alpha value is -0.160. The number of aliphatic hydroxyl groups excluding tert-OH is 2. The molecular formula is C5H10NO3. The standard InChI is InChI=1S/C5H10NO3/c1-2-3(7)4(8)5(6)9-2/h2-4,7-8H,6H2,1H3/t2-,3-,4-/m1/s1. The summed E-state index contributed by atoms with van der Waals surface area (Å²) < 4.78 is 4.78. The molecule has 0 aromatic rings. The molecule has 1 aliphatic rings. The summed E-state index contributed by atoms with van der Waals surface area (Å²) in [6, 6.07) is 0. The maximum Gasteiger partial charge on any atom is 0.191 e. The third-order valence-electron chi connectivity index (χ3n) is 1.42. The van der Waals surface area contributed by atoms with Gasteiger partial charge in [0.1, 0.15) is 12.2 Å². The van der Waals surface area contributed by atoms with Crippen molar-refractivity contribution < 1.29 is 14.9 Å². The molecule has 9 heavy (non-hydrogen) atoms. The summed E-state index contributed by atoms with van der Waals surface area (Å²) in [5.41, 5.74) is 5.14. The molecule has 1 heterocycles. The monoisotopic (exact) mass is 132 g/mol. The number of aliphatic hydroxyl groups is 2. The highest BCUT2D eigenvalue weighted by Crippen LogP contribution is 2.21. The molecule has 0 amide bonds. The van der Waals surface area contributed by atoms with Crippen LogP contribution in [0.3, 0.4) is 0 Å². The quantitative estimate of drug-likeness (QED) is 0.378. The van der Waals surface area contributed by atoms with Gasteiger partial charge in [0, 0.05) is 0 Å². The Labute approximate surface area is 53.2 Å². The summed E-state index contributed by atoms with van der Waals surface area (Å²) in [6.07, 6.45) is -2.26. The van der Waals surface area contributed by atoms with Crippen molar-refractivity contribution in [3.05, 3.63) is 6.23 Å². The fourth-order valence-corrected chi connectivity index (χ4v) is 0.779. The maximum absolute atomic E-state index is 8.96. The van der Waals surface area contributed by atoms with Crippen LogP contribution in [0.2, 0.25) is 0 Å². The molecule has 4 nitrogen and oxygen atoms in total. The zero-order chi connectivity index (χ0) is 7.02. The third-order valence-corrected chi connectivity index (χ3v) is 1.42. The molecule has 0 aliphatic carbocycles. The Kier molecular flexibility index (Phi) is 1.72. The van der Waals surface area contributed by atoms with Crippen molar-refractivity contribution in [2.24, 2.45) is 5.73 Å². The summed E-state index contributed by atoms with van der Waals surface area (Å²) >= 11 is 0. The van der Waals surface area contributed by atoms with Gasteiger partial charge in [-0.1, -0.05) is 0 Å². The van der Waals surface area contributed by atoms with Gasteiger partial charge < -0.3 is 14.9 Å². The minimum Gasteiger partial charge on any atom is -0.388 e. The maximum atomic E-state index is 8.96. The zero-order valence-electron chi connectivity index (χ0n) is 5.11. The van der Waals surface area contributed by atoms with Gasteiger partial charge in [-0.25, -0.2) is 0 Å². The lowest BCUT2D eigenvalue weighted by Crippen LogP contribution is -2.31. The first-order valence-electron chi connectivity index (χ1n) is 2.78. The van der Waals surface area contributed by atoms with Gasteiger partial charge in [0.25, 0.3) is 0 Å². The first kappa shape index (κ1) is 6.95. The van der Waals surface area contributed by atoms with Crippen LogP contribution in [0.1, 0.15) is 6.92 Å². The summed E-state index contributed by atoms with van der Waals surface area (Å²) in [5, 5.41) is 17.9. The Morgan fingerprint density at radius 3 is 2.22 bits per heavy atom. The van der Waals surface area contributed by atoms with Gasteiger partial charge in [0.2, 0.25) is 0 Å². The van der Waals surface area contributed by atoms with Crippen LogP contribution in [0.4, 0.5) is 0 Å². The van der Waals surface area contributed by atoms with E-state index in [1.807, 2.05) is 0 Å². The van der Waals surface area contributed by atoms with Crippen molar-refractivity contribution in [3.63, 3.8) is 0 Å². The average Bonchev–Trinajstić information content (AvgIpc) is 1.98. The van der Waals surface area contributed by atoms with E-state index in [1.54, 1.807) is 6.92 Å². The predicted molar refractivity (Wildman–Crippen MR) is 30.0 cm³/mol. The molecule has 0 spiro atoms. The van der Waals surface area contributed by atoms with Crippen molar-refractivity contribution in [3.8, 4) is 0 Å². The summed E-state index contributed by atoms with van der Waals surface area (Å²) in [5.74, 6) is 0. The molecule has 0 aromatic heterocycles. The van der Waals surface area contributed by atoms with Crippen molar-refractivity contribution in [2.45, 2.75) is 25.2 Å². The van der Waals surface area contributed by atoms with Crippen molar-refractivity contribution in [1.29, 1.82) is 0 Å². The van der Waals surface area contributed by atoms with E-state index in [9.17, 15) is 0 Å². The molecule has 4 N–H and O–H groups in total. The van der Waals surface area contributed by atoms with Crippen LogP contribution < -0.4 is 5.73 Å². The van der Waals surface area contributed by atoms with E-state index in [4.69, 9.17) is 20.7 Å². The van der Waals surface area contributed by atoms with E-state index in [1.165, 1.54) is 0 Å². The van der Waals surface area contributed by atoms with E-state index < -0.39 is 12.2 Å². The molecule has 0 bridgehead atoms. The Balaban J connectivity index is 2.54. The lowest BCUT2D eigenvalue weighted by atomic mass is 10.1. The summed E-state index contributed by atoms with van der Waals surface area (Å²) in [4.78, 5) is 0. The molecule has 1 aliphatic heterocycles. The summed E-state index contributed by atoms with van der Waals surface area (Å²) in [6.45, 7) is 1.65. The van der Waals surface area contributed by atoms with Gasteiger partial charge in [0.05, 0.1) is 6.10 Å². The van der Waals surface area contributed by atoms with Crippen LogP contribution in [0.15, 0.2) is 0 Å². The van der Waals surface area contributed by atoms with Crippen LogP contribution in [0, 0.1) is 6.23 Å². The van der Waals surface area contributed by atoms with E-state index >= 15 is 0 Å².